The Balaban J connectivity index is 2.24. The van der Waals surface area contributed by atoms with Crippen LogP contribution < -0.4 is 10.5 Å². The monoisotopic (exact) mass is 310 g/mol. The fraction of sp³-hybridized carbons (Fsp3) is 0.143. The number of nitrogens with zero attached hydrogens (tertiary/aromatic N) is 1. The van der Waals surface area contributed by atoms with Crippen LogP contribution in [0.25, 0.3) is 0 Å². The maximum Gasteiger partial charge on any atom is 0.276 e. The summed E-state index contributed by atoms with van der Waals surface area (Å²) in [5, 5.41) is 11.4. The fourth-order valence-corrected chi connectivity index (χ4v) is 2.05. The van der Waals surface area contributed by atoms with Crippen molar-refractivity contribution in [2.24, 2.45) is 5.73 Å². The van der Waals surface area contributed by atoms with E-state index in [1.54, 1.807) is 18.2 Å². The minimum Gasteiger partial charge on any atom is -0.488 e. The van der Waals surface area contributed by atoms with Crippen molar-refractivity contribution < 1.29 is 14.1 Å². The number of rotatable bonds is 5. The largest absolute Gasteiger partial charge is 0.488 e. The highest BCUT2D eigenvalue weighted by molar-refractivity contribution is 6.30. The van der Waals surface area contributed by atoms with Crippen molar-refractivity contribution in [3.8, 4) is 5.75 Å². The van der Waals surface area contributed by atoms with Gasteiger partial charge in [-0.25, -0.2) is 4.39 Å². The van der Waals surface area contributed by atoms with Gasteiger partial charge in [0.2, 0.25) is 0 Å². The number of nitrogens with two attached hydrogens (primary N) is 1. The van der Waals surface area contributed by atoms with Crippen molar-refractivity contribution in [1.29, 1.82) is 0 Å². The number of hydrogen-bond donors (Lipinski definition) is 1. The van der Waals surface area contributed by atoms with E-state index in [1.165, 1.54) is 0 Å². The summed E-state index contributed by atoms with van der Waals surface area (Å²) in [6.45, 7) is 0.0733. The van der Waals surface area contributed by atoms with E-state index in [2.05, 4.69) is 0 Å². The van der Waals surface area contributed by atoms with Gasteiger partial charge in [0.1, 0.15) is 18.2 Å². The van der Waals surface area contributed by atoms with Crippen LogP contribution >= 0.6 is 11.6 Å². The molecule has 2 N–H and O–H groups in total. The number of nitro benzene ring substituents is 1. The van der Waals surface area contributed by atoms with Crippen molar-refractivity contribution in [3.63, 3.8) is 0 Å². The van der Waals surface area contributed by atoms with Gasteiger partial charge in [0.05, 0.1) is 10.5 Å². The van der Waals surface area contributed by atoms with Gasteiger partial charge in [0.15, 0.2) is 0 Å². The van der Waals surface area contributed by atoms with E-state index >= 15 is 0 Å². The Bertz CT molecular complexity index is 679. The first kappa shape index (κ1) is 15.2. The Morgan fingerprint density at radius 3 is 2.67 bits per heavy atom. The van der Waals surface area contributed by atoms with Gasteiger partial charge in [0, 0.05) is 23.2 Å². The van der Waals surface area contributed by atoms with Crippen molar-refractivity contribution in [1.82, 2.24) is 0 Å². The van der Waals surface area contributed by atoms with Gasteiger partial charge in [-0.05, 0) is 30.3 Å². The highest BCUT2D eigenvalue weighted by atomic mass is 35.5. The highest BCUT2D eigenvalue weighted by Crippen LogP contribution is 2.26. The third-order valence-corrected chi connectivity index (χ3v) is 3.10. The zero-order valence-electron chi connectivity index (χ0n) is 10.9. The van der Waals surface area contributed by atoms with E-state index in [1.807, 2.05) is 0 Å². The van der Waals surface area contributed by atoms with Crippen LogP contribution in [-0.2, 0) is 13.2 Å². The first-order valence-electron chi connectivity index (χ1n) is 6.05. The molecular formula is C14H12ClFN2O3. The number of benzene rings is 2. The molecule has 2 rings (SSSR count). The summed E-state index contributed by atoms with van der Waals surface area (Å²) in [7, 11) is 0. The predicted molar refractivity (Wildman–Crippen MR) is 76.7 cm³/mol. The van der Waals surface area contributed by atoms with E-state index in [0.29, 0.717) is 16.3 Å². The average Bonchev–Trinajstić information content (AvgIpc) is 2.45. The Morgan fingerprint density at radius 2 is 2.00 bits per heavy atom. The maximum atomic E-state index is 13.2. The smallest absolute Gasteiger partial charge is 0.276 e. The van der Waals surface area contributed by atoms with Crippen LogP contribution in [0.1, 0.15) is 11.1 Å². The summed E-state index contributed by atoms with van der Waals surface area (Å²) in [6, 6.07) is 8.12. The molecule has 0 fully saturated rings. The molecule has 0 aromatic heterocycles. The molecule has 2 aromatic carbocycles. The molecule has 0 saturated carbocycles. The summed E-state index contributed by atoms with van der Waals surface area (Å²) in [4.78, 5) is 10.3. The average molecular weight is 311 g/mol. The standard InChI is InChI=1S/C14H12ClFN2O3/c15-11-1-4-14(9(5-11)7-17)21-8-10-6-12(16)2-3-13(10)18(19)20/h1-6H,7-8,17H2. The fourth-order valence-electron chi connectivity index (χ4n) is 1.85. The predicted octanol–water partition coefficient (Wildman–Crippen LogP) is 3.43. The minimum atomic E-state index is -0.580. The Hall–Kier alpha value is -2.18. The first-order chi connectivity index (χ1) is 10.0. The molecule has 0 heterocycles. The lowest BCUT2D eigenvalue weighted by Crippen LogP contribution is -2.05. The van der Waals surface area contributed by atoms with Crippen molar-refractivity contribution >= 4 is 17.3 Å². The highest BCUT2D eigenvalue weighted by Gasteiger charge is 2.15. The molecule has 2 aromatic rings. The molecule has 0 atom stereocenters. The van der Waals surface area contributed by atoms with Crippen LogP contribution in [-0.4, -0.2) is 4.92 Å². The number of hydrogen-bond acceptors (Lipinski definition) is 4. The summed E-state index contributed by atoms with van der Waals surface area (Å²) in [5.41, 5.74) is 6.21. The van der Waals surface area contributed by atoms with Crippen molar-refractivity contribution in [3.05, 3.63) is 68.5 Å². The summed E-state index contributed by atoms with van der Waals surface area (Å²) in [6.07, 6.45) is 0. The van der Waals surface area contributed by atoms with E-state index < -0.39 is 10.7 Å². The molecule has 0 amide bonds. The molecule has 0 radical (unpaired) electrons. The van der Waals surface area contributed by atoms with Crippen LogP contribution in [0.2, 0.25) is 5.02 Å². The molecule has 5 nitrogen and oxygen atoms in total. The summed E-state index contributed by atoms with van der Waals surface area (Å²) in [5.74, 6) is -0.102. The van der Waals surface area contributed by atoms with E-state index in [9.17, 15) is 14.5 Å². The number of halogens is 2. The SMILES string of the molecule is NCc1cc(Cl)ccc1OCc1cc(F)ccc1[N+](=O)[O-]. The topological polar surface area (TPSA) is 78.4 Å². The van der Waals surface area contributed by atoms with Crippen LogP contribution in [0, 0.1) is 15.9 Å². The van der Waals surface area contributed by atoms with E-state index in [0.717, 1.165) is 18.2 Å². The second-order valence-corrected chi connectivity index (χ2v) is 4.71. The lowest BCUT2D eigenvalue weighted by molar-refractivity contribution is -0.385. The Kier molecular flexibility index (Phi) is 4.72. The third kappa shape index (κ3) is 3.68. The molecule has 0 spiro atoms. The quantitative estimate of drug-likeness (QED) is 0.678. The molecule has 7 heteroatoms. The molecule has 0 aliphatic rings. The Morgan fingerprint density at radius 1 is 1.24 bits per heavy atom. The zero-order valence-corrected chi connectivity index (χ0v) is 11.6. The van der Waals surface area contributed by atoms with Gasteiger partial charge < -0.3 is 10.5 Å². The molecule has 21 heavy (non-hydrogen) atoms. The van der Waals surface area contributed by atoms with Crippen LogP contribution in [0.3, 0.4) is 0 Å². The van der Waals surface area contributed by atoms with Crippen LogP contribution in [0.15, 0.2) is 36.4 Å². The lowest BCUT2D eigenvalue weighted by atomic mass is 10.1. The van der Waals surface area contributed by atoms with Crippen molar-refractivity contribution in [2.45, 2.75) is 13.2 Å². The summed E-state index contributed by atoms with van der Waals surface area (Å²) >= 11 is 5.85. The molecule has 0 aliphatic heterocycles. The van der Waals surface area contributed by atoms with Gasteiger partial charge in [-0.3, -0.25) is 10.1 Å². The molecular weight excluding hydrogens is 299 g/mol. The normalized spacial score (nSPS) is 10.4. The van der Waals surface area contributed by atoms with E-state index in [4.69, 9.17) is 22.1 Å². The number of ether oxygens (including phenoxy) is 1. The van der Waals surface area contributed by atoms with Gasteiger partial charge in [-0.1, -0.05) is 11.6 Å². The van der Waals surface area contributed by atoms with Crippen LogP contribution in [0.4, 0.5) is 10.1 Å². The second-order valence-electron chi connectivity index (χ2n) is 4.27. The lowest BCUT2D eigenvalue weighted by Gasteiger charge is -2.11. The minimum absolute atomic E-state index is 0.136. The molecule has 0 unspecified atom stereocenters. The zero-order chi connectivity index (χ0) is 15.4. The van der Waals surface area contributed by atoms with Gasteiger partial charge >= 0.3 is 0 Å². The van der Waals surface area contributed by atoms with Gasteiger partial charge in [-0.15, -0.1) is 0 Å². The Labute approximate surface area is 125 Å². The van der Waals surface area contributed by atoms with Gasteiger partial charge in [0.25, 0.3) is 5.69 Å². The maximum absolute atomic E-state index is 13.2. The van der Waals surface area contributed by atoms with E-state index in [-0.39, 0.29) is 24.4 Å². The second kappa shape index (κ2) is 6.51. The van der Waals surface area contributed by atoms with Crippen molar-refractivity contribution in [2.75, 3.05) is 0 Å². The molecule has 0 saturated heterocycles. The molecule has 0 bridgehead atoms. The van der Waals surface area contributed by atoms with Gasteiger partial charge in [-0.2, -0.15) is 0 Å². The van der Waals surface area contributed by atoms with Crippen LogP contribution in [0.5, 0.6) is 5.75 Å². The summed E-state index contributed by atoms with van der Waals surface area (Å²) < 4.78 is 18.7. The molecule has 0 aliphatic carbocycles. The third-order valence-electron chi connectivity index (χ3n) is 2.86. The number of nitro groups is 1. The first-order valence-corrected chi connectivity index (χ1v) is 6.43. The molecule has 110 valence electrons.